The molecule has 0 saturated carbocycles. The van der Waals surface area contributed by atoms with Crippen LogP contribution in [-0.2, 0) is 17.7 Å². The molecule has 0 bridgehead atoms. The first-order valence-corrected chi connectivity index (χ1v) is 6.58. The molecule has 1 heterocycles. The van der Waals surface area contributed by atoms with Crippen molar-refractivity contribution in [3.63, 3.8) is 0 Å². The van der Waals surface area contributed by atoms with Gasteiger partial charge < -0.3 is 14.8 Å². The van der Waals surface area contributed by atoms with Gasteiger partial charge >= 0.3 is 0 Å². The van der Waals surface area contributed by atoms with E-state index in [1.54, 1.807) is 7.11 Å². The van der Waals surface area contributed by atoms with Crippen molar-refractivity contribution in [2.75, 3.05) is 26.9 Å². The van der Waals surface area contributed by atoms with Crippen molar-refractivity contribution in [3.8, 4) is 11.8 Å². The Hall–Kier alpha value is -1.57. The van der Waals surface area contributed by atoms with Gasteiger partial charge in [0, 0.05) is 18.7 Å². The molecule has 1 aliphatic rings. The molecule has 0 amide bonds. The van der Waals surface area contributed by atoms with Gasteiger partial charge in [-0.15, -0.1) is 0 Å². The molecule has 1 aromatic carbocycles. The number of hydrogen-bond acceptors (Lipinski definition) is 4. The summed E-state index contributed by atoms with van der Waals surface area (Å²) >= 11 is 0. The Labute approximate surface area is 114 Å². The van der Waals surface area contributed by atoms with E-state index in [0.717, 1.165) is 17.7 Å². The fourth-order valence-corrected chi connectivity index (χ4v) is 2.18. The summed E-state index contributed by atoms with van der Waals surface area (Å²) in [6.07, 6.45) is 1.01. The molecule has 4 nitrogen and oxygen atoms in total. The third-order valence-electron chi connectivity index (χ3n) is 3.53. The van der Waals surface area contributed by atoms with Gasteiger partial charge in [0.25, 0.3) is 0 Å². The summed E-state index contributed by atoms with van der Waals surface area (Å²) in [6, 6.07) is 8.57. The normalized spacial score (nSPS) is 16.5. The third kappa shape index (κ3) is 3.06. The summed E-state index contributed by atoms with van der Waals surface area (Å²) in [5.41, 5.74) is 2.09. The SMILES string of the molecule is CCc1ccc(OC)c(CNCC2(C#N)COC2)c1. The van der Waals surface area contributed by atoms with Crippen molar-refractivity contribution < 1.29 is 9.47 Å². The lowest BCUT2D eigenvalue weighted by molar-refractivity contribution is -0.0755. The molecule has 2 rings (SSSR count). The van der Waals surface area contributed by atoms with Gasteiger partial charge in [0.05, 0.1) is 26.4 Å². The zero-order valence-electron chi connectivity index (χ0n) is 11.5. The van der Waals surface area contributed by atoms with E-state index in [1.165, 1.54) is 5.56 Å². The van der Waals surface area contributed by atoms with E-state index in [0.29, 0.717) is 26.3 Å². The first-order chi connectivity index (χ1) is 9.23. The molecular formula is C15H20N2O2. The van der Waals surface area contributed by atoms with Crippen LogP contribution in [0.2, 0.25) is 0 Å². The maximum Gasteiger partial charge on any atom is 0.123 e. The van der Waals surface area contributed by atoms with Crippen molar-refractivity contribution in [2.24, 2.45) is 5.41 Å². The second kappa shape index (κ2) is 6.05. The van der Waals surface area contributed by atoms with Crippen LogP contribution in [0.15, 0.2) is 18.2 Å². The maximum absolute atomic E-state index is 9.12. The second-order valence-electron chi connectivity index (χ2n) is 4.99. The van der Waals surface area contributed by atoms with Crippen LogP contribution in [0, 0.1) is 16.7 Å². The second-order valence-corrected chi connectivity index (χ2v) is 4.99. The first-order valence-electron chi connectivity index (χ1n) is 6.58. The Morgan fingerprint density at radius 2 is 2.26 bits per heavy atom. The van der Waals surface area contributed by atoms with E-state index in [9.17, 15) is 0 Å². The summed E-state index contributed by atoms with van der Waals surface area (Å²) in [7, 11) is 1.68. The van der Waals surface area contributed by atoms with E-state index in [1.807, 2.05) is 6.07 Å². The average molecular weight is 260 g/mol. The summed E-state index contributed by atoms with van der Waals surface area (Å²) in [6.45, 7) is 4.56. The Balaban J connectivity index is 1.96. The van der Waals surface area contributed by atoms with Crippen molar-refractivity contribution >= 4 is 0 Å². The fraction of sp³-hybridized carbons (Fsp3) is 0.533. The topological polar surface area (TPSA) is 54.3 Å². The van der Waals surface area contributed by atoms with Crippen LogP contribution >= 0.6 is 0 Å². The van der Waals surface area contributed by atoms with Crippen LogP contribution in [0.4, 0.5) is 0 Å². The predicted molar refractivity (Wildman–Crippen MR) is 72.9 cm³/mol. The molecular weight excluding hydrogens is 240 g/mol. The molecule has 1 N–H and O–H groups in total. The standard InChI is InChI=1S/C15H20N2O2/c1-3-12-4-5-14(18-2)13(6-12)7-17-9-15(8-16)10-19-11-15/h4-6,17H,3,7,9-11H2,1-2H3. The molecule has 1 fully saturated rings. The number of ether oxygens (including phenoxy) is 2. The monoisotopic (exact) mass is 260 g/mol. The van der Waals surface area contributed by atoms with Crippen molar-refractivity contribution in [1.29, 1.82) is 5.26 Å². The smallest absolute Gasteiger partial charge is 0.123 e. The Morgan fingerprint density at radius 1 is 1.47 bits per heavy atom. The molecule has 1 aliphatic heterocycles. The van der Waals surface area contributed by atoms with Crippen LogP contribution in [0.1, 0.15) is 18.1 Å². The largest absolute Gasteiger partial charge is 0.496 e. The summed E-state index contributed by atoms with van der Waals surface area (Å²) in [5.74, 6) is 0.889. The van der Waals surface area contributed by atoms with Crippen LogP contribution in [0.5, 0.6) is 5.75 Å². The molecule has 0 atom stereocenters. The van der Waals surface area contributed by atoms with Crippen LogP contribution in [0.3, 0.4) is 0 Å². The van der Waals surface area contributed by atoms with Gasteiger partial charge in [-0.2, -0.15) is 5.26 Å². The Morgan fingerprint density at radius 3 is 2.79 bits per heavy atom. The van der Waals surface area contributed by atoms with E-state index >= 15 is 0 Å². The number of nitrogens with one attached hydrogen (secondary N) is 1. The minimum Gasteiger partial charge on any atom is -0.496 e. The summed E-state index contributed by atoms with van der Waals surface area (Å²) < 4.78 is 10.5. The van der Waals surface area contributed by atoms with Crippen LogP contribution in [-0.4, -0.2) is 26.9 Å². The van der Waals surface area contributed by atoms with Crippen molar-refractivity contribution in [1.82, 2.24) is 5.32 Å². The zero-order valence-corrected chi connectivity index (χ0v) is 11.5. The number of nitrogens with zero attached hydrogens (tertiary/aromatic N) is 1. The van der Waals surface area contributed by atoms with E-state index in [4.69, 9.17) is 14.7 Å². The molecule has 0 aromatic heterocycles. The molecule has 1 saturated heterocycles. The predicted octanol–water partition coefficient (Wildman–Crippen LogP) is 1.89. The lowest BCUT2D eigenvalue weighted by Gasteiger charge is -2.35. The van der Waals surface area contributed by atoms with Crippen molar-refractivity contribution in [3.05, 3.63) is 29.3 Å². The van der Waals surface area contributed by atoms with Gasteiger partial charge in [-0.1, -0.05) is 19.1 Å². The number of hydrogen-bond donors (Lipinski definition) is 1. The molecule has 4 heteroatoms. The zero-order chi connectivity index (χ0) is 13.7. The van der Waals surface area contributed by atoms with Crippen molar-refractivity contribution in [2.45, 2.75) is 19.9 Å². The van der Waals surface area contributed by atoms with Gasteiger partial charge in [0.15, 0.2) is 0 Å². The van der Waals surface area contributed by atoms with E-state index in [-0.39, 0.29) is 5.41 Å². The highest BCUT2D eigenvalue weighted by atomic mass is 16.5. The Kier molecular flexibility index (Phi) is 4.41. The minimum atomic E-state index is -0.338. The third-order valence-corrected chi connectivity index (χ3v) is 3.53. The summed E-state index contributed by atoms with van der Waals surface area (Å²) in [4.78, 5) is 0. The fourth-order valence-electron chi connectivity index (χ4n) is 2.18. The lowest BCUT2D eigenvalue weighted by atomic mass is 9.88. The summed E-state index contributed by atoms with van der Waals surface area (Å²) in [5, 5.41) is 12.5. The highest BCUT2D eigenvalue weighted by Crippen LogP contribution is 2.26. The Bertz CT molecular complexity index is 476. The van der Waals surface area contributed by atoms with Crippen LogP contribution in [0.25, 0.3) is 0 Å². The average Bonchev–Trinajstić information content (AvgIpc) is 2.41. The minimum absolute atomic E-state index is 0.338. The van der Waals surface area contributed by atoms with E-state index in [2.05, 4.69) is 30.4 Å². The highest BCUT2D eigenvalue weighted by Gasteiger charge is 2.38. The molecule has 0 radical (unpaired) electrons. The number of aryl methyl sites for hydroxylation is 1. The van der Waals surface area contributed by atoms with Gasteiger partial charge in [0.1, 0.15) is 11.2 Å². The molecule has 19 heavy (non-hydrogen) atoms. The molecule has 0 spiro atoms. The van der Waals surface area contributed by atoms with E-state index < -0.39 is 0 Å². The number of methoxy groups -OCH3 is 1. The van der Waals surface area contributed by atoms with Gasteiger partial charge in [-0.3, -0.25) is 0 Å². The molecule has 102 valence electrons. The van der Waals surface area contributed by atoms with Gasteiger partial charge in [-0.05, 0) is 18.1 Å². The number of rotatable bonds is 6. The quantitative estimate of drug-likeness (QED) is 0.848. The van der Waals surface area contributed by atoms with Gasteiger partial charge in [-0.25, -0.2) is 0 Å². The molecule has 0 unspecified atom stereocenters. The highest BCUT2D eigenvalue weighted by molar-refractivity contribution is 5.37. The molecule has 1 aromatic rings. The molecule has 0 aliphatic carbocycles. The van der Waals surface area contributed by atoms with Crippen LogP contribution < -0.4 is 10.1 Å². The first kappa shape index (κ1) is 13.9. The number of benzene rings is 1. The number of nitriles is 1. The maximum atomic E-state index is 9.12. The lowest BCUT2D eigenvalue weighted by Crippen LogP contribution is -2.48. The van der Waals surface area contributed by atoms with Gasteiger partial charge in [0.2, 0.25) is 0 Å².